The van der Waals surface area contributed by atoms with Gasteiger partial charge in [0.05, 0.1) is 0 Å². The minimum atomic E-state index is -1.86. The van der Waals surface area contributed by atoms with E-state index in [2.05, 4.69) is 33.9 Å². The molecule has 1 aromatic rings. The number of carbonyl (C=O) groups excluding carboxylic acids is 1. The number of hydrogen-bond donors (Lipinski definition) is 0. The van der Waals surface area contributed by atoms with E-state index in [1.165, 1.54) is 0 Å². The number of rotatable bonds is 2. The average molecular weight is 260 g/mol. The summed E-state index contributed by atoms with van der Waals surface area (Å²) in [6, 6.07) is 5.71. The quantitative estimate of drug-likeness (QED) is 0.742. The molecule has 0 N–H and O–H groups in total. The summed E-state index contributed by atoms with van der Waals surface area (Å²) >= 11 is 0. The molecule has 0 aliphatic heterocycles. The predicted octanol–water partition coefficient (Wildman–Crippen LogP) is 4.28. The minimum Gasteiger partial charge on any atom is -0.543 e. The minimum absolute atomic E-state index is 0.0747. The van der Waals surface area contributed by atoms with Crippen molar-refractivity contribution in [2.24, 2.45) is 0 Å². The first-order valence-corrected chi connectivity index (χ1v) is 9.18. The van der Waals surface area contributed by atoms with Crippen molar-refractivity contribution in [1.29, 1.82) is 0 Å². The van der Waals surface area contributed by atoms with E-state index < -0.39 is 8.32 Å². The number of allylic oxidation sites excluding steroid dienone is 1. The fraction of sp³-hybridized carbons (Fsp3) is 0.400. The molecule has 0 heterocycles. The van der Waals surface area contributed by atoms with Crippen molar-refractivity contribution in [3.05, 3.63) is 35.4 Å². The van der Waals surface area contributed by atoms with Crippen molar-refractivity contribution >= 4 is 20.2 Å². The molecule has 0 saturated carbocycles. The summed E-state index contributed by atoms with van der Waals surface area (Å²) in [7, 11) is -1.86. The Kier molecular flexibility index (Phi) is 2.97. The smallest absolute Gasteiger partial charge is 0.250 e. The zero-order valence-electron chi connectivity index (χ0n) is 11.7. The van der Waals surface area contributed by atoms with Crippen LogP contribution in [0.3, 0.4) is 0 Å². The molecule has 3 heteroatoms. The van der Waals surface area contributed by atoms with Gasteiger partial charge in [0, 0.05) is 11.1 Å². The van der Waals surface area contributed by atoms with Crippen LogP contribution in [0.15, 0.2) is 24.3 Å². The monoisotopic (exact) mass is 260 g/mol. The standard InChI is InChI=1S/C15H20O2Si/c1-15(2,3)18(4,5)17-14-8-6-7-11-12(14)9-10-13(11)16/h6-10H,1-5H3. The normalized spacial score (nSPS) is 14.8. The van der Waals surface area contributed by atoms with E-state index in [0.29, 0.717) is 0 Å². The van der Waals surface area contributed by atoms with Crippen LogP contribution >= 0.6 is 0 Å². The van der Waals surface area contributed by atoms with Crippen LogP contribution in [0, 0.1) is 0 Å². The van der Waals surface area contributed by atoms with Crippen molar-refractivity contribution in [1.82, 2.24) is 0 Å². The van der Waals surface area contributed by atoms with E-state index in [0.717, 1.165) is 16.9 Å². The Morgan fingerprint density at radius 1 is 1.11 bits per heavy atom. The number of benzene rings is 1. The third-order valence-electron chi connectivity index (χ3n) is 3.90. The van der Waals surface area contributed by atoms with Gasteiger partial charge in [-0.1, -0.05) is 32.9 Å². The lowest BCUT2D eigenvalue weighted by molar-refractivity contribution is 0.105. The van der Waals surface area contributed by atoms with Crippen molar-refractivity contribution in [3.8, 4) is 5.75 Å². The summed E-state index contributed by atoms with van der Waals surface area (Å²) in [5.74, 6) is 0.923. The van der Waals surface area contributed by atoms with Crippen LogP contribution in [0.1, 0.15) is 36.7 Å². The second-order valence-corrected chi connectivity index (χ2v) is 11.0. The van der Waals surface area contributed by atoms with Crippen LogP contribution in [0.2, 0.25) is 18.1 Å². The molecule has 2 rings (SSSR count). The van der Waals surface area contributed by atoms with E-state index in [4.69, 9.17) is 4.43 Å². The van der Waals surface area contributed by atoms with Gasteiger partial charge in [0.15, 0.2) is 5.78 Å². The molecule has 0 spiro atoms. The summed E-state index contributed by atoms with van der Waals surface area (Å²) in [5.41, 5.74) is 1.69. The van der Waals surface area contributed by atoms with Gasteiger partial charge in [-0.2, -0.15) is 0 Å². The largest absolute Gasteiger partial charge is 0.543 e. The van der Waals surface area contributed by atoms with Gasteiger partial charge in [0.2, 0.25) is 0 Å². The van der Waals surface area contributed by atoms with Crippen molar-refractivity contribution in [3.63, 3.8) is 0 Å². The Morgan fingerprint density at radius 2 is 1.78 bits per heavy atom. The molecule has 1 aliphatic carbocycles. The highest BCUT2D eigenvalue weighted by atomic mass is 28.4. The molecule has 0 bridgehead atoms. The highest BCUT2D eigenvalue weighted by molar-refractivity contribution is 6.74. The van der Waals surface area contributed by atoms with Crippen LogP contribution < -0.4 is 4.43 Å². The highest BCUT2D eigenvalue weighted by Gasteiger charge is 2.39. The van der Waals surface area contributed by atoms with Gasteiger partial charge in [-0.05, 0) is 36.4 Å². The predicted molar refractivity (Wildman–Crippen MR) is 77.6 cm³/mol. The van der Waals surface area contributed by atoms with Gasteiger partial charge in [-0.15, -0.1) is 0 Å². The average Bonchev–Trinajstić information content (AvgIpc) is 2.60. The maximum absolute atomic E-state index is 11.6. The summed E-state index contributed by atoms with van der Waals surface area (Å²) in [5, 5.41) is 0.155. The third kappa shape index (κ3) is 2.15. The Bertz CT molecular complexity index is 522. The SMILES string of the molecule is CC(C)(C)[Si](C)(C)Oc1cccc2c1C=CC2=O. The summed E-state index contributed by atoms with van der Waals surface area (Å²) in [6.07, 6.45) is 3.48. The lowest BCUT2D eigenvalue weighted by Gasteiger charge is -2.36. The molecule has 0 radical (unpaired) electrons. The molecule has 1 aliphatic rings. The Hall–Kier alpha value is -1.35. The van der Waals surface area contributed by atoms with Gasteiger partial charge in [-0.25, -0.2) is 0 Å². The lowest BCUT2D eigenvalue weighted by Crippen LogP contribution is -2.44. The molecule has 0 unspecified atom stereocenters. The summed E-state index contributed by atoms with van der Waals surface area (Å²) in [6.45, 7) is 11.1. The zero-order chi connectivity index (χ0) is 13.6. The van der Waals surface area contributed by atoms with Crippen molar-refractivity contribution in [2.45, 2.75) is 38.9 Å². The Morgan fingerprint density at radius 3 is 2.39 bits per heavy atom. The van der Waals surface area contributed by atoms with E-state index in [1.54, 1.807) is 6.08 Å². The molecule has 0 aromatic heterocycles. The highest BCUT2D eigenvalue weighted by Crippen LogP contribution is 2.39. The molecule has 2 nitrogen and oxygen atoms in total. The van der Waals surface area contributed by atoms with Crippen LogP contribution in [0.25, 0.3) is 6.08 Å². The van der Waals surface area contributed by atoms with Crippen LogP contribution in [-0.2, 0) is 0 Å². The van der Waals surface area contributed by atoms with E-state index in [1.807, 2.05) is 24.3 Å². The molecule has 0 saturated heterocycles. The number of fused-ring (bicyclic) bond motifs is 1. The lowest BCUT2D eigenvalue weighted by atomic mass is 10.1. The topological polar surface area (TPSA) is 26.3 Å². The molecule has 0 amide bonds. The Balaban J connectivity index is 2.38. The molecular weight excluding hydrogens is 240 g/mol. The maximum Gasteiger partial charge on any atom is 0.250 e. The Labute approximate surface area is 110 Å². The summed E-state index contributed by atoms with van der Waals surface area (Å²) in [4.78, 5) is 11.6. The van der Waals surface area contributed by atoms with Crippen LogP contribution in [-0.4, -0.2) is 14.1 Å². The van der Waals surface area contributed by atoms with E-state index in [9.17, 15) is 4.79 Å². The second kappa shape index (κ2) is 4.09. The second-order valence-electron chi connectivity index (χ2n) is 6.28. The van der Waals surface area contributed by atoms with Crippen LogP contribution in [0.4, 0.5) is 0 Å². The maximum atomic E-state index is 11.6. The van der Waals surface area contributed by atoms with Gasteiger partial charge in [0.25, 0.3) is 8.32 Å². The van der Waals surface area contributed by atoms with E-state index in [-0.39, 0.29) is 10.8 Å². The zero-order valence-corrected chi connectivity index (χ0v) is 12.7. The number of ketones is 1. The first-order valence-electron chi connectivity index (χ1n) is 6.27. The fourth-order valence-corrected chi connectivity index (χ4v) is 2.73. The first kappa shape index (κ1) is 13.1. The van der Waals surface area contributed by atoms with Gasteiger partial charge < -0.3 is 4.43 Å². The van der Waals surface area contributed by atoms with Crippen molar-refractivity contribution in [2.75, 3.05) is 0 Å². The molecule has 18 heavy (non-hydrogen) atoms. The van der Waals surface area contributed by atoms with Gasteiger partial charge >= 0.3 is 0 Å². The van der Waals surface area contributed by atoms with Gasteiger partial charge in [0.1, 0.15) is 5.75 Å². The molecule has 1 aromatic carbocycles. The third-order valence-corrected chi connectivity index (χ3v) is 8.25. The molecule has 0 atom stereocenters. The molecule has 0 fully saturated rings. The summed E-state index contributed by atoms with van der Waals surface area (Å²) < 4.78 is 6.29. The van der Waals surface area contributed by atoms with Crippen molar-refractivity contribution < 1.29 is 9.22 Å². The fourth-order valence-electron chi connectivity index (χ4n) is 1.70. The molecule has 96 valence electrons. The van der Waals surface area contributed by atoms with Gasteiger partial charge in [-0.3, -0.25) is 4.79 Å². The number of carbonyl (C=O) groups is 1. The van der Waals surface area contributed by atoms with Crippen LogP contribution in [0.5, 0.6) is 5.75 Å². The molecular formula is C15H20O2Si. The number of hydrogen-bond acceptors (Lipinski definition) is 2. The first-order chi connectivity index (χ1) is 8.22. The van der Waals surface area contributed by atoms with E-state index >= 15 is 0 Å².